The number of nitrogens with zero attached hydrogens (tertiary/aromatic N) is 2. The number of aromatic nitrogens is 2. The molecule has 0 spiro atoms. The SMILES string of the molecule is CCCCc1ncc(Cc2cnc3cc(C)ccc3c2)c2cc(OC)c(OC)cc12. The second-order valence-corrected chi connectivity index (χ2v) is 7.80. The smallest absolute Gasteiger partial charge is 0.161 e. The van der Waals surface area contributed by atoms with Crippen LogP contribution in [0.5, 0.6) is 11.5 Å². The van der Waals surface area contributed by atoms with Gasteiger partial charge in [-0.05, 0) is 66.1 Å². The third-order valence-electron chi connectivity index (χ3n) is 5.61. The minimum absolute atomic E-state index is 0.740. The number of hydrogen-bond acceptors (Lipinski definition) is 4. The lowest BCUT2D eigenvalue weighted by Gasteiger charge is -2.15. The van der Waals surface area contributed by atoms with Gasteiger partial charge in [0.15, 0.2) is 11.5 Å². The summed E-state index contributed by atoms with van der Waals surface area (Å²) in [6.07, 6.45) is 7.96. The first-order chi connectivity index (χ1) is 14.6. The van der Waals surface area contributed by atoms with Crippen LogP contribution in [0, 0.1) is 6.92 Å². The fraction of sp³-hybridized carbons (Fsp3) is 0.308. The van der Waals surface area contributed by atoms with Gasteiger partial charge in [0.05, 0.1) is 19.7 Å². The summed E-state index contributed by atoms with van der Waals surface area (Å²) in [6.45, 7) is 4.29. The lowest BCUT2D eigenvalue weighted by molar-refractivity contribution is 0.356. The fourth-order valence-corrected chi connectivity index (χ4v) is 3.96. The van der Waals surface area contributed by atoms with E-state index < -0.39 is 0 Å². The van der Waals surface area contributed by atoms with Crippen molar-refractivity contribution >= 4 is 21.7 Å². The maximum atomic E-state index is 5.58. The molecule has 30 heavy (non-hydrogen) atoms. The topological polar surface area (TPSA) is 44.2 Å². The highest BCUT2D eigenvalue weighted by molar-refractivity contribution is 5.91. The molecule has 0 unspecified atom stereocenters. The third-order valence-corrected chi connectivity index (χ3v) is 5.61. The largest absolute Gasteiger partial charge is 0.493 e. The molecule has 0 aliphatic rings. The summed E-state index contributed by atoms with van der Waals surface area (Å²) < 4.78 is 11.1. The molecule has 0 bridgehead atoms. The van der Waals surface area contributed by atoms with Crippen LogP contribution in [0.3, 0.4) is 0 Å². The van der Waals surface area contributed by atoms with Crippen LogP contribution in [0.15, 0.2) is 48.8 Å². The summed E-state index contributed by atoms with van der Waals surface area (Å²) >= 11 is 0. The predicted octanol–water partition coefficient (Wildman–Crippen LogP) is 6.04. The maximum Gasteiger partial charge on any atom is 0.161 e. The minimum atomic E-state index is 0.740. The predicted molar refractivity (Wildman–Crippen MR) is 123 cm³/mol. The molecule has 0 fully saturated rings. The normalized spacial score (nSPS) is 11.2. The van der Waals surface area contributed by atoms with Crippen molar-refractivity contribution in [2.45, 2.75) is 39.5 Å². The molecule has 4 rings (SSSR count). The van der Waals surface area contributed by atoms with Gasteiger partial charge in [-0.25, -0.2) is 0 Å². The number of fused-ring (bicyclic) bond motifs is 2. The molecule has 154 valence electrons. The standard InChI is InChI=1S/C26H28N2O2/c1-5-6-7-23-22-14-26(30-4)25(29-3)13-21(22)20(16-28-23)12-18-11-19-9-8-17(2)10-24(19)27-15-18/h8-11,13-16H,5-7,12H2,1-4H3. The van der Waals surface area contributed by atoms with Crippen LogP contribution in [-0.4, -0.2) is 24.2 Å². The highest BCUT2D eigenvalue weighted by atomic mass is 16.5. The highest BCUT2D eigenvalue weighted by Gasteiger charge is 2.14. The molecule has 4 nitrogen and oxygen atoms in total. The van der Waals surface area contributed by atoms with E-state index in [1.165, 1.54) is 16.7 Å². The van der Waals surface area contributed by atoms with E-state index in [0.717, 1.165) is 64.6 Å². The first-order valence-corrected chi connectivity index (χ1v) is 10.5. The second kappa shape index (κ2) is 8.70. The second-order valence-electron chi connectivity index (χ2n) is 7.80. The van der Waals surface area contributed by atoms with E-state index in [0.29, 0.717) is 0 Å². The molecule has 0 atom stereocenters. The summed E-state index contributed by atoms with van der Waals surface area (Å²) in [6, 6.07) is 12.8. The molecule has 0 aliphatic heterocycles. The zero-order valence-electron chi connectivity index (χ0n) is 18.2. The molecule has 2 heterocycles. The van der Waals surface area contributed by atoms with Crippen molar-refractivity contribution in [1.29, 1.82) is 0 Å². The average Bonchev–Trinajstić information content (AvgIpc) is 2.77. The summed E-state index contributed by atoms with van der Waals surface area (Å²) in [5, 5.41) is 3.47. The van der Waals surface area contributed by atoms with Crippen molar-refractivity contribution in [3.05, 3.63) is 71.2 Å². The van der Waals surface area contributed by atoms with Crippen LogP contribution < -0.4 is 9.47 Å². The number of hydrogen-bond donors (Lipinski definition) is 0. The van der Waals surface area contributed by atoms with Crippen molar-refractivity contribution in [2.24, 2.45) is 0 Å². The quantitative estimate of drug-likeness (QED) is 0.379. The molecular formula is C26H28N2O2. The van der Waals surface area contributed by atoms with E-state index in [9.17, 15) is 0 Å². The molecule has 0 N–H and O–H groups in total. The van der Waals surface area contributed by atoms with Gasteiger partial charge in [-0.15, -0.1) is 0 Å². The van der Waals surface area contributed by atoms with E-state index in [1.807, 2.05) is 12.4 Å². The van der Waals surface area contributed by atoms with Crippen LogP contribution in [0.1, 0.15) is 42.1 Å². The molecule has 0 saturated carbocycles. The Morgan fingerprint density at radius 1 is 0.867 bits per heavy atom. The van der Waals surface area contributed by atoms with Gasteiger partial charge >= 0.3 is 0 Å². The van der Waals surface area contributed by atoms with Crippen LogP contribution in [0.4, 0.5) is 0 Å². The Hall–Kier alpha value is -3.14. The molecule has 0 radical (unpaired) electrons. The Morgan fingerprint density at radius 2 is 1.63 bits per heavy atom. The Balaban J connectivity index is 1.80. The van der Waals surface area contributed by atoms with Gasteiger partial charge in [-0.1, -0.05) is 25.5 Å². The van der Waals surface area contributed by atoms with Gasteiger partial charge in [-0.3, -0.25) is 9.97 Å². The molecule has 2 aromatic carbocycles. The Labute approximate surface area is 177 Å². The van der Waals surface area contributed by atoms with E-state index in [1.54, 1.807) is 14.2 Å². The molecule has 0 saturated heterocycles. The monoisotopic (exact) mass is 400 g/mol. The van der Waals surface area contributed by atoms with Gasteiger partial charge in [0.2, 0.25) is 0 Å². The van der Waals surface area contributed by atoms with Crippen LogP contribution >= 0.6 is 0 Å². The van der Waals surface area contributed by atoms with Gasteiger partial charge in [0.1, 0.15) is 0 Å². The molecule has 0 amide bonds. The van der Waals surface area contributed by atoms with Crippen LogP contribution in [0.2, 0.25) is 0 Å². The molecule has 0 aliphatic carbocycles. The van der Waals surface area contributed by atoms with Gasteiger partial charge in [0.25, 0.3) is 0 Å². The fourth-order valence-electron chi connectivity index (χ4n) is 3.96. The van der Waals surface area contributed by atoms with E-state index >= 15 is 0 Å². The number of rotatable bonds is 7. The molecule has 4 aromatic rings. The maximum absolute atomic E-state index is 5.58. The first kappa shape index (κ1) is 20.1. The summed E-state index contributed by atoms with van der Waals surface area (Å²) in [7, 11) is 3.35. The molecule has 2 aromatic heterocycles. The van der Waals surface area contributed by atoms with Crippen molar-refractivity contribution in [3.8, 4) is 11.5 Å². The van der Waals surface area contributed by atoms with Gasteiger partial charge < -0.3 is 9.47 Å². The van der Waals surface area contributed by atoms with Crippen LogP contribution in [-0.2, 0) is 12.8 Å². The number of aryl methyl sites for hydroxylation is 2. The number of ether oxygens (including phenoxy) is 2. The number of pyridine rings is 2. The van der Waals surface area contributed by atoms with Gasteiger partial charge in [-0.2, -0.15) is 0 Å². The Morgan fingerprint density at radius 3 is 2.37 bits per heavy atom. The zero-order chi connectivity index (χ0) is 21.1. The Bertz CT molecular complexity index is 1200. The number of methoxy groups -OCH3 is 2. The van der Waals surface area contributed by atoms with E-state index in [-0.39, 0.29) is 0 Å². The lowest BCUT2D eigenvalue weighted by Crippen LogP contribution is -2.00. The van der Waals surface area contributed by atoms with Crippen molar-refractivity contribution in [2.75, 3.05) is 14.2 Å². The van der Waals surface area contributed by atoms with E-state index in [4.69, 9.17) is 14.5 Å². The molecule has 4 heteroatoms. The summed E-state index contributed by atoms with van der Waals surface area (Å²) in [5.41, 5.74) is 5.71. The lowest BCUT2D eigenvalue weighted by atomic mass is 9.97. The highest BCUT2D eigenvalue weighted by Crippen LogP contribution is 2.35. The van der Waals surface area contributed by atoms with Gasteiger partial charge in [0, 0.05) is 35.3 Å². The number of unbranched alkanes of at least 4 members (excludes halogenated alkanes) is 1. The average molecular weight is 401 g/mol. The first-order valence-electron chi connectivity index (χ1n) is 10.5. The molecular weight excluding hydrogens is 372 g/mol. The summed E-state index contributed by atoms with van der Waals surface area (Å²) in [4.78, 5) is 9.50. The third kappa shape index (κ3) is 3.95. The summed E-state index contributed by atoms with van der Waals surface area (Å²) in [5.74, 6) is 1.48. The van der Waals surface area contributed by atoms with E-state index in [2.05, 4.69) is 55.2 Å². The van der Waals surface area contributed by atoms with Crippen molar-refractivity contribution in [3.63, 3.8) is 0 Å². The van der Waals surface area contributed by atoms with Crippen LogP contribution in [0.25, 0.3) is 21.7 Å². The van der Waals surface area contributed by atoms with Crippen molar-refractivity contribution in [1.82, 2.24) is 9.97 Å². The number of benzene rings is 2. The van der Waals surface area contributed by atoms with Crippen molar-refractivity contribution < 1.29 is 9.47 Å². The minimum Gasteiger partial charge on any atom is -0.493 e. The Kier molecular flexibility index (Phi) is 5.84. The zero-order valence-corrected chi connectivity index (χ0v) is 18.2.